The highest BCUT2D eigenvalue weighted by molar-refractivity contribution is 4.98. The molecule has 0 radical (unpaired) electrons. The lowest BCUT2D eigenvalue weighted by Gasteiger charge is -2.44. The van der Waals surface area contributed by atoms with Crippen LogP contribution in [0.5, 0.6) is 0 Å². The van der Waals surface area contributed by atoms with Gasteiger partial charge in [-0.3, -0.25) is 4.90 Å². The van der Waals surface area contributed by atoms with E-state index in [4.69, 9.17) is 0 Å². The van der Waals surface area contributed by atoms with Crippen LogP contribution in [0.25, 0.3) is 0 Å². The Labute approximate surface area is 124 Å². The van der Waals surface area contributed by atoms with Crippen molar-refractivity contribution in [1.82, 2.24) is 10.2 Å². The van der Waals surface area contributed by atoms with Crippen LogP contribution in [0, 0.1) is 29.6 Å². The van der Waals surface area contributed by atoms with Crippen molar-refractivity contribution in [3.63, 3.8) is 0 Å². The summed E-state index contributed by atoms with van der Waals surface area (Å²) in [6, 6.07) is 1.59. The first-order valence-electron chi connectivity index (χ1n) is 9.18. The van der Waals surface area contributed by atoms with E-state index in [2.05, 4.69) is 24.1 Å². The third kappa shape index (κ3) is 2.54. The molecule has 0 aromatic rings. The lowest BCUT2D eigenvalue weighted by molar-refractivity contribution is 0.0654. The molecule has 1 N–H and O–H groups in total. The summed E-state index contributed by atoms with van der Waals surface area (Å²) in [5.74, 6) is 5.02. The summed E-state index contributed by atoms with van der Waals surface area (Å²) in [5, 5.41) is 3.86. The Kier molecular flexibility index (Phi) is 3.58. The molecule has 5 atom stereocenters. The summed E-state index contributed by atoms with van der Waals surface area (Å²) < 4.78 is 0. The SMILES string of the molecule is CC(C)C1CNC(C2CC2)CN1CC1CC2CCC1C2. The monoisotopic (exact) mass is 276 g/mol. The van der Waals surface area contributed by atoms with Crippen LogP contribution in [-0.2, 0) is 0 Å². The smallest absolute Gasteiger partial charge is 0.0244 e. The number of nitrogens with one attached hydrogen (secondary N) is 1. The molecule has 4 aliphatic rings. The van der Waals surface area contributed by atoms with E-state index >= 15 is 0 Å². The maximum absolute atomic E-state index is 3.86. The zero-order chi connectivity index (χ0) is 13.7. The number of fused-ring (bicyclic) bond motifs is 2. The Balaban J connectivity index is 1.41. The second-order valence-corrected chi connectivity index (χ2v) is 8.55. The molecular formula is C18H32N2. The van der Waals surface area contributed by atoms with Gasteiger partial charge in [-0.25, -0.2) is 0 Å². The van der Waals surface area contributed by atoms with E-state index in [1.807, 2.05) is 0 Å². The molecule has 1 aliphatic heterocycles. The van der Waals surface area contributed by atoms with Crippen LogP contribution in [-0.4, -0.2) is 36.6 Å². The number of hydrogen-bond donors (Lipinski definition) is 1. The van der Waals surface area contributed by atoms with Gasteiger partial charge in [0.25, 0.3) is 0 Å². The maximum Gasteiger partial charge on any atom is 0.0244 e. The highest BCUT2D eigenvalue weighted by Gasteiger charge is 2.43. The van der Waals surface area contributed by atoms with Crippen molar-refractivity contribution in [2.45, 2.75) is 64.5 Å². The molecular weight excluding hydrogens is 244 g/mol. The van der Waals surface area contributed by atoms with Crippen molar-refractivity contribution in [2.75, 3.05) is 19.6 Å². The minimum Gasteiger partial charge on any atom is -0.311 e. The molecule has 2 bridgehead atoms. The van der Waals surface area contributed by atoms with Gasteiger partial charge in [-0.05, 0) is 61.7 Å². The van der Waals surface area contributed by atoms with Crippen molar-refractivity contribution < 1.29 is 0 Å². The Bertz CT molecular complexity index is 349. The molecule has 1 saturated heterocycles. The first kappa shape index (κ1) is 13.6. The van der Waals surface area contributed by atoms with E-state index in [0.717, 1.165) is 41.7 Å². The molecule has 4 fully saturated rings. The molecule has 0 amide bonds. The average molecular weight is 276 g/mol. The zero-order valence-corrected chi connectivity index (χ0v) is 13.4. The van der Waals surface area contributed by atoms with Crippen LogP contribution in [0.15, 0.2) is 0 Å². The summed E-state index contributed by atoms with van der Waals surface area (Å²) in [6.07, 6.45) is 9.15. The fraction of sp³-hybridized carbons (Fsp3) is 1.00. The molecule has 0 aromatic carbocycles. The van der Waals surface area contributed by atoms with Crippen molar-refractivity contribution >= 4 is 0 Å². The van der Waals surface area contributed by atoms with Gasteiger partial charge in [0.05, 0.1) is 0 Å². The first-order valence-corrected chi connectivity index (χ1v) is 9.18. The van der Waals surface area contributed by atoms with Crippen LogP contribution in [0.4, 0.5) is 0 Å². The summed E-state index contributed by atoms with van der Waals surface area (Å²) in [4.78, 5) is 2.90. The molecule has 5 unspecified atom stereocenters. The molecule has 0 spiro atoms. The fourth-order valence-corrected chi connectivity index (χ4v) is 5.44. The minimum absolute atomic E-state index is 0.782. The van der Waals surface area contributed by atoms with Gasteiger partial charge < -0.3 is 5.32 Å². The predicted molar refractivity (Wildman–Crippen MR) is 83.7 cm³/mol. The maximum atomic E-state index is 3.86. The lowest BCUT2D eigenvalue weighted by atomic mass is 9.86. The fourth-order valence-electron chi connectivity index (χ4n) is 5.44. The van der Waals surface area contributed by atoms with Crippen LogP contribution >= 0.6 is 0 Å². The number of nitrogens with zero attached hydrogens (tertiary/aromatic N) is 1. The van der Waals surface area contributed by atoms with Crippen molar-refractivity contribution in [2.24, 2.45) is 29.6 Å². The number of piperazine rings is 1. The lowest BCUT2D eigenvalue weighted by Crippen LogP contribution is -2.59. The summed E-state index contributed by atoms with van der Waals surface area (Å²) in [6.45, 7) is 8.81. The van der Waals surface area contributed by atoms with Gasteiger partial charge in [-0.15, -0.1) is 0 Å². The van der Waals surface area contributed by atoms with Crippen LogP contribution in [0.3, 0.4) is 0 Å². The summed E-state index contributed by atoms with van der Waals surface area (Å²) >= 11 is 0. The third-order valence-electron chi connectivity index (χ3n) is 6.80. The first-order chi connectivity index (χ1) is 9.70. The van der Waals surface area contributed by atoms with Crippen LogP contribution < -0.4 is 5.32 Å². The molecule has 3 saturated carbocycles. The Hall–Kier alpha value is -0.0800. The van der Waals surface area contributed by atoms with Gasteiger partial charge in [-0.2, -0.15) is 0 Å². The molecule has 114 valence electrons. The van der Waals surface area contributed by atoms with E-state index in [1.54, 1.807) is 25.7 Å². The Morgan fingerprint density at radius 2 is 1.85 bits per heavy atom. The molecule has 2 heteroatoms. The van der Waals surface area contributed by atoms with Gasteiger partial charge in [0, 0.05) is 31.7 Å². The van der Waals surface area contributed by atoms with Crippen molar-refractivity contribution in [1.29, 1.82) is 0 Å². The second kappa shape index (κ2) is 5.28. The van der Waals surface area contributed by atoms with E-state index in [9.17, 15) is 0 Å². The normalized spacial score (nSPS) is 45.5. The average Bonchev–Trinajstić information content (AvgIpc) is 3.09. The summed E-state index contributed by atoms with van der Waals surface area (Å²) in [5.41, 5.74) is 0. The van der Waals surface area contributed by atoms with Gasteiger partial charge in [0.2, 0.25) is 0 Å². The quantitative estimate of drug-likeness (QED) is 0.848. The topological polar surface area (TPSA) is 15.3 Å². The molecule has 1 heterocycles. The highest BCUT2D eigenvalue weighted by atomic mass is 15.2. The molecule has 0 aromatic heterocycles. The van der Waals surface area contributed by atoms with Gasteiger partial charge in [0.1, 0.15) is 0 Å². The second-order valence-electron chi connectivity index (χ2n) is 8.55. The number of rotatable bonds is 4. The minimum atomic E-state index is 0.782. The van der Waals surface area contributed by atoms with Crippen LogP contribution in [0.1, 0.15) is 52.4 Å². The Morgan fingerprint density at radius 1 is 1.05 bits per heavy atom. The summed E-state index contributed by atoms with van der Waals surface area (Å²) in [7, 11) is 0. The van der Waals surface area contributed by atoms with Gasteiger partial charge >= 0.3 is 0 Å². The molecule has 3 aliphatic carbocycles. The largest absolute Gasteiger partial charge is 0.311 e. The van der Waals surface area contributed by atoms with Crippen molar-refractivity contribution in [3.05, 3.63) is 0 Å². The Morgan fingerprint density at radius 3 is 2.45 bits per heavy atom. The zero-order valence-electron chi connectivity index (χ0n) is 13.4. The van der Waals surface area contributed by atoms with Gasteiger partial charge in [-0.1, -0.05) is 20.3 Å². The van der Waals surface area contributed by atoms with E-state index < -0.39 is 0 Å². The van der Waals surface area contributed by atoms with E-state index in [1.165, 1.54) is 32.5 Å². The molecule has 4 rings (SSSR count). The third-order valence-corrected chi connectivity index (χ3v) is 6.80. The van der Waals surface area contributed by atoms with Crippen molar-refractivity contribution in [3.8, 4) is 0 Å². The molecule has 2 nitrogen and oxygen atoms in total. The van der Waals surface area contributed by atoms with E-state index in [-0.39, 0.29) is 0 Å². The van der Waals surface area contributed by atoms with Crippen LogP contribution in [0.2, 0.25) is 0 Å². The van der Waals surface area contributed by atoms with Gasteiger partial charge in [0.15, 0.2) is 0 Å². The van der Waals surface area contributed by atoms with E-state index in [0.29, 0.717) is 0 Å². The number of hydrogen-bond acceptors (Lipinski definition) is 2. The predicted octanol–water partition coefficient (Wildman–Crippen LogP) is 3.13. The highest BCUT2D eigenvalue weighted by Crippen LogP contribution is 2.49. The molecule has 20 heavy (non-hydrogen) atoms. The standard InChI is InChI=1S/C18H32N2/c1-12(2)18-9-19-17(14-5-6-14)11-20(18)10-16-8-13-3-4-15(16)7-13/h12-19H,3-11H2,1-2H3.